The molecule has 0 aliphatic carbocycles. The fourth-order valence-corrected chi connectivity index (χ4v) is 0.935. The van der Waals surface area contributed by atoms with Gasteiger partial charge in [0.1, 0.15) is 0 Å². The van der Waals surface area contributed by atoms with E-state index in [2.05, 4.69) is 5.32 Å². The Morgan fingerprint density at radius 2 is 1.86 bits per heavy atom. The topological polar surface area (TPSA) is 46.2 Å². The van der Waals surface area contributed by atoms with Crippen molar-refractivity contribution in [2.45, 2.75) is 0 Å². The standard InChI is InChI=1S/C11H11NO2/c1-12-11(14)10(13)8-7-9-5-3-2-4-6-9/h2-8H,1H3,(H,12,14)/b8-7+. The zero-order valence-corrected chi connectivity index (χ0v) is 7.86. The number of rotatable bonds is 3. The summed E-state index contributed by atoms with van der Waals surface area (Å²) in [6.45, 7) is 0. The van der Waals surface area contributed by atoms with E-state index in [9.17, 15) is 9.59 Å². The quantitative estimate of drug-likeness (QED) is 0.570. The van der Waals surface area contributed by atoms with Gasteiger partial charge in [-0.2, -0.15) is 0 Å². The maximum Gasteiger partial charge on any atom is 0.291 e. The maximum absolute atomic E-state index is 11.0. The molecule has 3 nitrogen and oxygen atoms in total. The first-order chi connectivity index (χ1) is 6.74. The van der Waals surface area contributed by atoms with Gasteiger partial charge in [-0.1, -0.05) is 36.4 Å². The molecule has 0 aliphatic heterocycles. The monoisotopic (exact) mass is 189 g/mol. The minimum atomic E-state index is -0.600. The third kappa shape index (κ3) is 2.86. The molecule has 3 heteroatoms. The van der Waals surface area contributed by atoms with Crippen LogP contribution in [-0.4, -0.2) is 18.7 Å². The van der Waals surface area contributed by atoms with Gasteiger partial charge in [0.05, 0.1) is 0 Å². The van der Waals surface area contributed by atoms with E-state index in [1.54, 1.807) is 6.08 Å². The first-order valence-electron chi connectivity index (χ1n) is 4.23. The van der Waals surface area contributed by atoms with Gasteiger partial charge >= 0.3 is 0 Å². The van der Waals surface area contributed by atoms with E-state index in [0.29, 0.717) is 0 Å². The number of hydrogen-bond acceptors (Lipinski definition) is 2. The van der Waals surface area contributed by atoms with Gasteiger partial charge in [0, 0.05) is 7.05 Å². The fraction of sp³-hybridized carbons (Fsp3) is 0.0909. The molecule has 0 spiro atoms. The normalized spacial score (nSPS) is 10.1. The van der Waals surface area contributed by atoms with Crippen LogP contribution in [0.25, 0.3) is 6.08 Å². The Morgan fingerprint density at radius 1 is 1.21 bits per heavy atom. The predicted molar refractivity (Wildman–Crippen MR) is 54.5 cm³/mol. The van der Waals surface area contributed by atoms with Crippen molar-refractivity contribution < 1.29 is 9.59 Å². The molecule has 0 fully saturated rings. The zero-order valence-electron chi connectivity index (χ0n) is 7.86. The molecule has 1 aromatic carbocycles. The van der Waals surface area contributed by atoms with E-state index in [0.717, 1.165) is 5.56 Å². The number of hydrogen-bond donors (Lipinski definition) is 1. The summed E-state index contributed by atoms with van der Waals surface area (Å²) in [6, 6.07) is 9.33. The largest absolute Gasteiger partial charge is 0.352 e. The maximum atomic E-state index is 11.0. The summed E-state index contributed by atoms with van der Waals surface area (Å²) in [4.78, 5) is 21.9. The summed E-state index contributed by atoms with van der Waals surface area (Å²) in [5.41, 5.74) is 0.893. The molecule has 0 aromatic heterocycles. The highest BCUT2D eigenvalue weighted by molar-refractivity contribution is 6.41. The van der Waals surface area contributed by atoms with Crippen LogP contribution in [-0.2, 0) is 9.59 Å². The van der Waals surface area contributed by atoms with Crippen LogP contribution < -0.4 is 5.32 Å². The Labute approximate surface area is 82.4 Å². The molecular weight excluding hydrogens is 178 g/mol. The van der Waals surface area contributed by atoms with E-state index < -0.39 is 11.7 Å². The Balaban J connectivity index is 2.65. The highest BCUT2D eigenvalue weighted by Gasteiger charge is 2.05. The van der Waals surface area contributed by atoms with Crippen molar-refractivity contribution >= 4 is 17.8 Å². The third-order valence-electron chi connectivity index (χ3n) is 1.68. The molecule has 1 amide bonds. The molecule has 14 heavy (non-hydrogen) atoms. The van der Waals surface area contributed by atoms with E-state index in [1.807, 2.05) is 30.3 Å². The number of nitrogens with one attached hydrogen (secondary N) is 1. The van der Waals surface area contributed by atoms with Gasteiger partial charge in [-0.15, -0.1) is 0 Å². The van der Waals surface area contributed by atoms with Crippen molar-refractivity contribution in [3.05, 3.63) is 42.0 Å². The number of amides is 1. The summed E-state index contributed by atoms with van der Waals surface area (Å²) in [7, 11) is 1.43. The van der Waals surface area contributed by atoms with Crippen LogP contribution in [0.15, 0.2) is 36.4 Å². The minimum absolute atomic E-state index is 0.545. The van der Waals surface area contributed by atoms with Gasteiger partial charge in [-0.05, 0) is 11.6 Å². The van der Waals surface area contributed by atoms with E-state index in [4.69, 9.17) is 0 Å². The van der Waals surface area contributed by atoms with Gasteiger partial charge in [0.25, 0.3) is 5.91 Å². The highest BCUT2D eigenvalue weighted by atomic mass is 16.2. The molecule has 0 saturated carbocycles. The van der Waals surface area contributed by atoms with Crippen LogP contribution in [0, 0.1) is 0 Å². The molecule has 0 heterocycles. The van der Waals surface area contributed by atoms with Gasteiger partial charge in [0.15, 0.2) is 0 Å². The summed E-state index contributed by atoms with van der Waals surface area (Å²) in [5.74, 6) is -1.14. The van der Waals surface area contributed by atoms with E-state index in [1.165, 1.54) is 13.1 Å². The Hall–Kier alpha value is -1.90. The van der Waals surface area contributed by atoms with Crippen molar-refractivity contribution in [2.24, 2.45) is 0 Å². The summed E-state index contributed by atoms with van der Waals surface area (Å²) in [5, 5.41) is 2.26. The van der Waals surface area contributed by atoms with Crippen molar-refractivity contribution in [1.82, 2.24) is 5.32 Å². The number of ketones is 1. The molecule has 0 atom stereocenters. The van der Waals surface area contributed by atoms with Crippen LogP contribution in [0.4, 0.5) is 0 Å². The summed E-state index contributed by atoms with van der Waals surface area (Å²) < 4.78 is 0. The fourth-order valence-electron chi connectivity index (χ4n) is 0.935. The third-order valence-corrected chi connectivity index (χ3v) is 1.68. The van der Waals surface area contributed by atoms with Crippen molar-refractivity contribution in [3.8, 4) is 0 Å². The SMILES string of the molecule is CNC(=O)C(=O)/C=C/c1ccccc1. The molecule has 0 aliphatic rings. The lowest BCUT2D eigenvalue weighted by molar-refractivity contribution is -0.134. The van der Waals surface area contributed by atoms with E-state index >= 15 is 0 Å². The highest BCUT2D eigenvalue weighted by Crippen LogP contribution is 2.00. The Kier molecular flexibility index (Phi) is 3.61. The second-order valence-electron chi connectivity index (χ2n) is 2.69. The molecule has 1 aromatic rings. The van der Waals surface area contributed by atoms with Crippen LogP contribution in [0.5, 0.6) is 0 Å². The van der Waals surface area contributed by atoms with Gasteiger partial charge in [0.2, 0.25) is 5.78 Å². The Morgan fingerprint density at radius 3 is 2.43 bits per heavy atom. The van der Waals surface area contributed by atoms with Crippen LogP contribution in [0.2, 0.25) is 0 Å². The lowest BCUT2D eigenvalue weighted by atomic mass is 10.2. The number of carbonyl (C=O) groups excluding carboxylic acids is 2. The number of benzene rings is 1. The van der Waals surface area contributed by atoms with E-state index in [-0.39, 0.29) is 0 Å². The lowest BCUT2D eigenvalue weighted by Gasteiger charge is -1.92. The van der Waals surface area contributed by atoms with Crippen LogP contribution in [0.1, 0.15) is 5.56 Å². The average molecular weight is 189 g/mol. The molecule has 1 N–H and O–H groups in total. The smallest absolute Gasteiger partial charge is 0.291 e. The molecule has 72 valence electrons. The number of carbonyl (C=O) groups is 2. The average Bonchev–Trinajstić information content (AvgIpc) is 2.26. The predicted octanol–water partition coefficient (Wildman–Crippen LogP) is 1.01. The summed E-state index contributed by atoms with van der Waals surface area (Å²) in [6.07, 6.45) is 2.87. The summed E-state index contributed by atoms with van der Waals surface area (Å²) >= 11 is 0. The van der Waals surface area contributed by atoms with Gasteiger partial charge in [-0.3, -0.25) is 9.59 Å². The molecule has 1 rings (SSSR count). The van der Waals surface area contributed by atoms with Gasteiger partial charge < -0.3 is 5.32 Å². The van der Waals surface area contributed by atoms with Crippen molar-refractivity contribution in [3.63, 3.8) is 0 Å². The molecule has 0 radical (unpaired) electrons. The minimum Gasteiger partial charge on any atom is -0.352 e. The molecule has 0 saturated heterocycles. The van der Waals surface area contributed by atoms with Crippen molar-refractivity contribution in [1.29, 1.82) is 0 Å². The first-order valence-corrected chi connectivity index (χ1v) is 4.23. The van der Waals surface area contributed by atoms with Crippen molar-refractivity contribution in [2.75, 3.05) is 7.05 Å². The molecule has 0 bridgehead atoms. The second-order valence-corrected chi connectivity index (χ2v) is 2.69. The van der Waals surface area contributed by atoms with Crippen LogP contribution in [0.3, 0.4) is 0 Å². The number of likely N-dealkylation sites (N-methyl/N-ethyl adjacent to an activating group) is 1. The zero-order chi connectivity index (χ0) is 10.4. The first kappa shape index (κ1) is 10.2. The molecule has 0 unspecified atom stereocenters. The Bertz CT molecular complexity index is 355. The van der Waals surface area contributed by atoms with Crippen LogP contribution >= 0.6 is 0 Å². The molecular formula is C11H11NO2. The van der Waals surface area contributed by atoms with Gasteiger partial charge in [-0.25, -0.2) is 0 Å². The second kappa shape index (κ2) is 4.97. The lowest BCUT2D eigenvalue weighted by Crippen LogP contribution is -2.25.